The molecule has 0 bridgehead atoms. The van der Waals surface area contributed by atoms with E-state index in [0.29, 0.717) is 18.9 Å². The summed E-state index contributed by atoms with van der Waals surface area (Å²) in [6, 6.07) is 7.81. The molecule has 3 nitrogen and oxygen atoms in total. The van der Waals surface area contributed by atoms with Crippen LogP contribution in [-0.2, 0) is 13.0 Å². The summed E-state index contributed by atoms with van der Waals surface area (Å²) in [6.07, 6.45) is 3.56. The fourth-order valence-electron chi connectivity index (χ4n) is 3.08. The van der Waals surface area contributed by atoms with E-state index in [1.807, 2.05) is 24.3 Å². The Hall–Kier alpha value is -1.61. The second-order valence-electron chi connectivity index (χ2n) is 6.26. The number of hydrogen-bond donors (Lipinski definition) is 0. The van der Waals surface area contributed by atoms with Crippen molar-refractivity contribution in [3.63, 3.8) is 0 Å². The van der Waals surface area contributed by atoms with Crippen LogP contribution in [0.3, 0.4) is 0 Å². The molecule has 0 atom stereocenters. The molecule has 0 N–H and O–H groups in total. The van der Waals surface area contributed by atoms with E-state index in [1.165, 1.54) is 0 Å². The smallest absolute Gasteiger partial charge is 0.181 e. The second-order valence-corrected chi connectivity index (χ2v) is 6.70. The first-order chi connectivity index (χ1) is 10.6. The predicted octanol–water partition coefficient (Wildman–Crippen LogP) is 4.62. The Balaban J connectivity index is 2.06. The molecule has 0 unspecified atom stereocenters. The van der Waals surface area contributed by atoms with E-state index in [2.05, 4.69) is 18.4 Å². The number of ketones is 1. The van der Waals surface area contributed by atoms with Crippen LogP contribution in [0.25, 0.3) is 0 Å². The average Bonchev–Trinajstić information content (AvgIpc) is 2.74. The van der Waals surface area contributed by atoms with Crippen molar-refractivity contribution in [3.05, 3.63) is 52.1 Å². The van der Waals surface area contributed by atoms with Crippen LogP contribution in [0.1, 0.15) is 66.6 Å². The number of aryl methyl sites for hydroxylation is 1. The van der Waals surface area contributed by atoms with Gasteiger partial charge in [-0.3, -0.25) is 4.79 Å². The van der Waals surface area contributed by atoms with Gasteiger partial charge in [-0.1, -0.05) is 37.6 Å². The minimum Gasteiger partial charge on any atom is -0.321 e. The maximum Gasteiger partial charge on any atom is 0.181 e. The van der Waals surface area contributed by atoms with Crippen molar-refractivity contribution in [2.75, 3.05) is 0 Å². The number of carbonyl (C=O) groups is 1. The van der Waals surface area contributed by atoms with Crippen molar-refractivity contribution in [1.82, 2.24) is 9.55 Å². The molecule has 2 aromatic rings. The number of nitrogens with zero attached hydrogens (tertiary/aromatic N) is 2. The fraction of sp³-hybridized carbons (Fsp3) is 0.444. The molecule has 0 fully saturated rings. The quantitative estimate of drug-likeness (QED) is 0.775. The summed E-state index contributed by atoms with van der Waals surface area (Å²) in [4.78, 5) is 17.3. The molecular weight excluding hydrogens is 296 g/mol. The number of aromatic nitrogens is 2. The predicted molar refractivity (Wildman–Crippen MR) is 88.8 cm³/mol. The Kier molecular flexibility index (Phi) is 4.34. The molecule has 116 valence electrons. The lowest BCUT2D eigenvalue weighted by molar-refractivity contribution is 0.0973. The summed E-state index contributed by atoms with van der Waals surface area (Å²) in [5, 5.41) is 0.730. The van der Waals surface area contributed by atoms with Gasteiger partial charge in [0.2, 0.25) is 0 Å². The molecule has 0 aliphatic heterocycles. The molecule has 3 rings (SSSR count). The van der Waals surface area contributed by atoms with Crippen LogP contribution >= 0.6 is 11.6 Å². The van der Waals surface area contributed by atoms with Gasteiger partial charge in [-0.15, -0.1) is 0 Å². The summed E-state index contributed by atoms with van der Waals surface area (Å²) in [5.74, 6) is 1.54. The van der Waals surface area contributed by atoms with Gasteiger partial charge in [0.1, 0.15) is 11.5 Å². The first kappa shape index (κ1) is 15.3. The number of Topliss-reactive ketones (excluding diaryl/α,β-unsaturated/α-hetero) is 1. The highest BCUT2D eigenvalue weighted by atomic mass is 35.5. The molecule has 1 aromatic carbocycles. The minimum atomic E-state index is 0.237. The number of rotatable bonds is 3. The lowest BCUT2D eigenvalue weighted by Gasteiger charge is -2.13. The van der Waals surface area contributed by atoms with Gasteiger partial charge >= 0.3 is 0 Å². The van der Waals surface area contributed by atoms with Crippen LogP contribution in [-0.4, -0.2) is 15.3 Å². The van der Waals surface area contributed by atoms with Crippen molar-refractivity contribution in [2.24, 2.45) is 0 Å². The summed E-state index contributed by atoms with van der Waals surface area (Å²) < 4.78 is 2.12. The standard InChI is InChI=1S/C18H21ClN2O/c1-12(2)18-20-15-5-3-4-6-16(22)17(15)21(18)11-13-7-9-14(19)10-8-13/h7-10,12H,3-6,11H2,1-2H3. The highest BCUT2D eigenvalue weighted by Crippen LogP contribution is 2.26. The Morgan fingerprint density at radius 1 is 1.18 bits per heavy atom. The van der Waals surface area contributed by atoms with E-state index < -0.39 is 0 Å². The zero-order chi connectivity index (χ0) is 15.7. The van der Waals surface area contributed by atoms with Crippen molar-refractivity contribution in [2.45, 2.75) is 52.0 Å². The Morgan fingerprint density at radius 3 is 2.55 bits per heavy atom. The van der Waals surface area contributed by atoms with Crippen molar-refractivity contribution >= 4 is 17.4 Å². The first-order valence-corrected chi connectivity index (χ1v) is 8.31. The average molecular weight is 317 g/mol. The summed E-state index contributed by atoms with van der Waals surface area (Å²) in [6.45, 7) is 4.94. The lowest BCUT2D eigenvalue weighted by atomic mass is 10.1. The molecule has 4 heteroatoms. The number of carbonyl (C=O) groups excluding carboxylic acids is 1. The van der Waals surface area contributed by atoms with Crippen LogP contribution in [0.15, 0.2) is 24.3 Å². The number of hydrogen-bond acceptors (Lipinski definition) is 2. The molecule has 0 radical (unpaired) electrons. The van der Waals surface area contributed by atoms with Gasteiger partial charge < -0.3 is 4.57 Å². The Labute approximate surface area is 136 Å². The summed E-state index contributed by atoms with van der Waals surface area (Å²) in [5.41, 5.74) is 2.96. The van der Waals surface area contributed by atoms with Crippen molar-refractivity contribution in [3.8, 4) is 0 Å². The van der Waals surface area contributed by atoms with E-state index in [0.717, 1.165) is 47.1 Å². The van der Waals surface area contributed by atoms with Gasteiger partial charge in [0.25, 0.3) is 0 Å². The lowest BCUT2D eigenvalue weighted by Crippen LogP contribution is -2.14. The topological polar surface area (TPSA) is 34.9 Å². The maximum atomic E-state index is 12.5. The van der Waals surface area contributed by atoms with Crippen LogP contribution in [0.4, 0.5) is 0 Å². The summed E-state index contributed by atoms with van der Waals surface area (Å²) >= 11 is 5.96. The Morgan fingerprint density at radius 2 is 1.86 bits per heavy atom. The van der Waals surface area contributed by atoms with E-state index >= 15 is 0 Å². The highest BCUT2D eigenvalue weighted by molar-refractivity contribution is 6.30. The third kappa shape index (κ3) is 2.95. The van der Waals surface area contributed by atoms with Crippen molar-refractivity contribution in [1.29, 1.82) is 0 Å². The molecule has 0 saturated carbocycles. The van der Waals surface area contributed by atoms with E-state index in [9.17, 15) is 4.79 Å². The third-order valence-corrected chi connectivity index (χ3v) is 4.42. The zero-order valence-corrected chi connectivity index (χ0v) is 13.9. The van der Waals surface area contributed by atoms with Crippen LogP contribution in [0.5, 0.6) is 0 Å². The van der Waals surface area contributed by atoms with Crippen LogP contribution in [0, 0.1) is 0 Å². The molecule has 0 saturated heterocycles. The number of benzene rings is 1. The molecule has 1 aliphatic carbocycles. The molecular formula is C18H21ClN2O. The number of halogens is 1. The molecule has 1 aliphatic rings. The summed E-state index contributed by atoms with van der Waals surface area (Å²) in [7, 11) is 0. The second kappa shape index (κ2) is 6.25. The van der Waals surface area contributed by atoms with Gasteiger partial charge in [-0.2, -0.15) is 0 Å². The van der Waals surface area contributed by atoms with Gasteiger partial charge in [-0.05, 0) is 37.0 Å². The van der Waals surface area contributed by atoms with Crippen LogP contribution < -0.4 is 0 Å². The van der Waals surface area contributed by atoms with Crippen molar-refractivity contribution < 1.29 is 4.79 Å². The minimum absolute atomic E-state index is 0.237. The maximum absolute atomic E-state index is 12.5. The molecule has 22 heavy (non-hydrogen) atoms. The fourth-order valence-corrected chi connectivity index (χ4v) is 3.20. The molecule has 1 heterocycles. The van der Waals surface area contributed by atoms with Gasteiger partial charge in [-0.25, -0.2) is 4.98 Å². The normalized spacial score (nSPS) is 15.0. The molecule has 0 spiro atoms. The number of fused-ring (bicyclic) bond motifs is 1. The van der Waals surface area contributed by atoms with Crippen LogP contribution in [0.2, 0.25) is 5.02 Å². The monoisotopic (exact) mass is 316 g/mol. The van der Waals surface area contributed by atoms with Gasteiger partial charge in [0.15, 0.2) is 5.78 Å². The highest BCUT2D eigenvalue weighted by Gasteiger charge is 2.25. The van der Waals surface area contributed by atoms with E-state index in [-0.39, 0.29) is 5.78 Å². The van der Waals surface area contributed by atoms with Gasteiger partial charge in [0, 0.05) is 23.9 Å². The third-order valence-electron chi connectivity index (χ3n) is 4.17. The first-order valence-electron chi connectivity index (χ1n) is 7.93. The molecule has 1 aromatic heterocycles. The zero-order valence-electron chi connectivity index (χ0n) is 13.1. The SMILES string of the molecule is CC(C)c1nc2c(n1Cc1ccc(Cl)cc1)C(=O)CCCC2. The number of imidazole rings is 1. The van der Waals surface area contributed by atoms with Gasteiger partial charge in [0.05, 0.1) is 5.69 Å². The Bertz CT molecular complexity index is 686. The largest absolute Gasteiger partial charge is 0.321 e. The van der Waals surface area contributed by atoms with E-state index in [1.54, 1.807) is 0 Å². The van der Waals surface area contributed by atoms with E-state index in [4.69, 9.17) is 16.6 Å². The molecule has 0 amide bonds.